The average Bonchev–Trinajstić information content (AvgIpc) is 3.00. The van der Waals surface area contributed by atoms with E-state index in [0.717, 1.165) is 47.5 Å². The Hall–Kier alpha value is -5.46. The van der Waals surface area contributed by atoms with E-state index in [1.807, 2.05) is 24.3 Å². The van der Waals surface area contributed by atoms with E-state index in [1.165, 1.54) is 0 Å². The molecule has 0 aliphatic carbocycles. The first-order chi connectivity index (χ1) is 21.5. The van der Waals surface area contributed by atoms with Crippen LogP contribution in [0, 0.1) is 0 Å². The lowest BCUT2D eigenvalue weighted by molar-refractivity contribution is 0.0127. The first-order valence-electron chi connectivity index (χ1n) is 13.7. The van der Waals surface area contributed by atoms with Gasteiger partial charge in [-0.3, -0.25) is 0 Å². The van der Waals surface area contributed by atoms with Crippen molar-refractivity contribution in [3.8, 4) is 34.5 Å². The van der Waals surface area contributed by atoms with Gasteiger partial charge in [0.05, 0.1) is 11.1 Å². The molecule has 0 bridgehead atoms. The van der Waals surface area contributed by atoms with Gasteiger partial charge in [0.25, 0.3) is 0 Å². The van der Waals surface area contributed by atoms with Crippen LogP contribution in [0.3, 0.4) is 0 Å². The summed E-state index contributed by atoms with van der Waals surface area (Å²) in [5.74, 6) is -1.76. The van der Waals surface area contributed by atoms with Crippen LogP contribution in [0.15, 0.2) is 84.9 Å². The summed E-state index contributed by atoms with van der Waals surface area (Å²) in [4.78, 5) is 24.1. The zero-order chi connectivity index (χ0) is 32.3. The van der Waals surface area contributed by atoms with Gasteiger partial charge in [0, 0.05) is 12.1 Å². The van der Waals surface area contributed by atoms with Crippen molar-refractivity contribution in [2.24, 2.45) is 0 Å². The average molecular weight is 621 g/mol. The molecule has 45 heavy (non-hydrogen) atoms. The number of phenols is 4. The second kappa shape index (κ2) is 15.3. The van der Waals surface area contributed by atoms with Crippen molar-refractivity contribution in [2.75, 3.05) is 26.4 Å². The number of phenolic OH excluding ortho intramolecular Hbond substituents is 4. The third kappa shape index (κ3) is 10.3. The maximum absolute atomic E-state index is 12.1. The molecule has 2 unspecified atom stereocenters. The molecule has 2 atom stereocenters. The molecule has 0 saturated carbocycles. The number of hydrogen-bond donors (Lipinski definition) is 6. The maximum atomic E-state index is 12.1. The Morgan fingerprint density at radius 2 is 0.844 bits per heavy atom. The first kappa shape index (κ1) is 32.5. The molecular formula is C33H32O12. The number of benzene rings is 4. The molecule has 6 N–H and O–H groups in total. The van der Waals surface area contributed by atoms with E-state index in [4.69, 9.17) is 18.9 Å². The molecule has 4 aromatic rings. The van der Waals surface area contributed by atoms with E-state index >= 15 is 0 Å². The van der Waals surface area contributed by atoms with Gasteiger partial charge >= 0.3 is 11.9 Å². The minimum atomic E-state index is -1.10. The number of carbonyl (C=O) groups excluding carboxylic acids is 2. The fourth-order valence-corrected chi connectivity index (χ4v) is 4.06. The summed E-state index contributed by atoms with van der Waals surface area (Å²) < 4.78 is 21.1. The van der Waals surface area contributed by atoms with E-state index in [9.17, 15) is 40.2 Å². The quantitative estimate of drug-likeness (QED) is 0.113. The lowest BCUT2D eigenvalue weighted by Crippen LogP contribution is -2.25. The number of esters is 2. The summed E-state index contributed by atoms with van der Waals surface area (Å²) in [6.07, 6.45) is -1.58. The number of aliphatic hydroxyl groups excluding tert-OH is 2. The first-order valence-corrected chi connectivity index (χ1v) is 13.7. The number of aliphatic hydroxyl groups is 2. The molecule has 0 spiro atoms. The molecule has 0 aliphatic heterocycles. The van der Waals surface area contributed by atoms with Crippen LogP contribution in [-0.2, 0) is 15.9 Å². The van der Waals surface area contributed by atoms with E-state index < -0.39 is 24.1 Å². The molecule has 0 aromatic heterocycles. The molecule has 4 aromatic carbocycles. The van der Waals surface area contributed by atoms with E-state index in [-0.39, 0.29) is 60.6 Å². The Morgan fingerprint density at radius 1 is 0.511 bits per heavy atom. The molecule has 4 rings (SSSR count). The van der Waals surface area contributed by atoms with Gasteiger partial charge in [-0.1, -0.05) is 24.3 Å². The van der Waals surface area contributed by atoms with Crippen LogP contribution in [-0.4, -0.2) is 81.2 Å². The molecule has 0 radical (unpaired) electrons. The number of aromatic hydroxyl groups is 4. The highest BCUT2D eigenvalue weighted by Gasteiger charge is 2.15. The van der Waals surface area contributed by atoms with Gasteiger partial charge in [-0.15, -0.1) is 0 Å². The minimum Gasteiger partial charge on any atom is -0.508 e. The third-order valence-electron chi connectivity index (χ3n) is 6.23. The van der Waals surface area contributed by atoms with Crippen molar-refractivity contribution >= 4 is 11.9 Å². The van der Waals surface area contributed by atoms with Gasteiger partial charge in [0.15, 0.2) is 0 Å². The Labute approximate surface area is 257 Å². The van der Waals surface area contributed by atoms with Gasteiger partial charge in [-0.2, -0.15) is 0 Å². The minimum absolute atomic E-state index is 0.0523. The van der Waals surface area contributed by atoms with Gasteiger partial charge < -0.3 is 49.6 Å². The van der Waals surface area contributed by atoms with Gasteiger partial charge in [0.2, 0.25) is 0 Å². The third-order valence-corrected chi connectivity index (χ3v) is 6.23. The maximum Gasteiger partial charge on any atom is 0.338 e. The second-order valence-corrected chi connectivity index (χ2v) is 10.1. The molecular weight excluding hydrogens is 588 g/mol. The Balaban J connectivity index is 1.15. The van der Waals surface area contributed by atoms with Crippen molar-refractivity contribution in [1.29, 1.82) is 0 Å². The van der Waals surface area contributed by atoms with Crippen LogP contribution in [0.25, 0.3) is 0 Å². The highest BCUT2D eigenvalue weighted by Crippen LogP contribution is 2.23. The lowest BCUT2D eigenvalue weighted by Gasteiger charge is -2.14. The Kier molecular flexibility index (Phi) is 11.0. The molecule has 0 fully saturated rings. The highest BCUT2D eigenvalue weighted by molar-refractivity contribution is 5.91. The van der Waals surface area contributed by atoms with Gasteiger partial charge in [0.1, 0.15) is 73.1 Å². The molecule has 0 heterocycles. The number of ether oxygens (including phenoxy) is 4. The second-order valence-electron chi connectivity index (χ2n) is 10.1. The summed E-state index contributed by atoms with van der Waals surface area (Å²) in [6, 6.07) is 21.2. The SMILES string of the molecule is O=C(OCC(O)COc1ccc(Cc2ccc(OCC(O)COC(=O)c3cc(O)cc(O)c3)cc2)cc1)c1cc(O)cc(O)c1. The monoisotopic (exact) mass is 620 g/mol. The van der Waals surface area contributed by atoms with Gasteiger partial charge in [-0.05, 0) is 66.1 Å². The fraction of sp³-hybridized carbons (Fsp3) is 0.212. The standard InChI is InChI=1S/C33H32O12/c34-24-10-22(11-25(35)14-24)32(40)44-18-28(38)16-42-30-5-1-20(2-6-30)9-21-3-7-31(8-4-21)43-17-29(39)19-45-33(41)23-12-26(36)15-27(37)13-23/h1-8,10-15,28-29,34-39H,9,16-19H2. The fourth-order valence-electron chi connectivity index (χ4n) is 4.06. The summed E-state index contributed by atoms with van der Waals surface area (Å²) in [5.41, 5.74) is 1.89. The predicted molar refractivity (Wildman–Crippen MR) is 159 cm³/mol. The molecule has 0 aliphatic rings. The number of carbonyl (C=O) groups is 2. The topological polar surface area (TPSA) is 192 Å². The van der Waals surface area contributed by atoms with Crippen molar-refractivity contribution < 1.29 is 59.2 Å². The molecule has 12 heteroatoms. The summed E-state index contributed by atoms with van der Waals surface area (Å²) in [6.45, 7) is -0.935. The number of hydrogen-bond acceptors (Lipinski definition) is 12. The Morgan fingerprint density at radius 3 is 1.18 bits per heavy atom. The predicted octanol–water partition coefficient (Wildman–Crippen LogP) is 3.29. The van der Waals surface area contributed by atoms with Crippen LogP contribution in [0.1, 0.15) is 31.8 Å². The van der Waals surface area contributed by atoms with Crippen molar-refractivity contribution in [3.05, 3.63) is 107 Å². The van der Waals surface area contributed by atoms with Crippen molar-refractivity contribution in [3.63, 3.8) is 0 Å². The molecule has 12 nitrogen and oxygen atoms in total. The zero-order valence-electron chi connectivity index (χ0n) is 23.9. The van der Waals surface area contributed by atoms with Crippen LogP contribution < -0.4 is 9.47 Å². The van der Waals surface area contributed by atoms with E-state index in [2.05, 4.69) is 0 Å². The van der Waals surface area contributed by atoms with Crippen LogP contribution in [0.4, 0.5) is 0 Å². The smallest absolute Gasteiger partial charge is 0.338 e. The summed E-state index contributed by atoms with van der Waals surface area (Å²) in [7, 11) is 0. The largest absolute Gasteiger partial charge is 0.508 e. The van der Waals surface area contributed by atoms with Crippen LogP contribution >= 0.6 is 0 Å². The zero-order valence-corrected chi connectivity index (χ0v) is 23.9. The molecule has 0 saturated heterocycles. The normalized spacial score (nSPS) is 12.1. The summed E-state index contributed by atoms with van der Waals surface area (Å²) in [5, 5.41) is 58.1. The number of rotatable bonds is 14. The van der Waals surface area contributed by atoms with Crippen LogP contribution in [0.2, 0.25) is 0 Å². The Bertz CT molecular complexity index is 1430. The lowest BCUT2D eigenvalue weighted by atomic mass is 10.0. The van der Waals surface area contributed by atoms with E-state index in [0.29, 0.717) is 17.9 Å². The van der Waals surface area contributed by atoms with Crippen molar-refractivity contribution in [2.45, 2.75) is 18.6 Å². The molecule has 236 valence electrons. The molecule has 0 amide bonds. The van der Waals surface area contributed by atoms with Gasteiger partial charge in [-0.25, -0.2) is 9.59 Å². The van der Waals surface area contributed by atoms with Crippen LogP contribution in [0.5, 0.6) is 34.5 Å². The highest BCUT2D eigenvalue weighted by atomic mass is 16.6. The summed E-state index contributed by atoms with van der Waals surface area (Å²) >= 11 is 0. The van der Waals surface area contributed by atoms with Crippen molar-refractivity contribution in [1.82, 2.24) is 0 Å². The van der Waals surface area contributed by atoms with E-state index in [1.54, 1.807) is 24.3 Å².